The van der Waals surface area contributed by atoms with E-state index in [0.717, 1.165) is 5.39 Å². The summed E-state index contributed by atoms with van der Waals surface area (Å²) in [6.07, 6.45) is 0. The summed E-state index contributed by atoms with van der Waals surface area (Å²) >= 11 is 1.51. The molecule has 1 aliphatic rings. The van der Waals surface area contributed by atoms with Gasteiger partial charge >= 0.3 is 0 Å². The van der Waals surface area contributed by atoms with E-state index in [4.69, 9.17) is 0 Å². The second-order valence-electron chi connectivity index (χ2n) is 7.04. The van der Waals surface area contributed by atoms with Crippen molar-refractivity contribution in [3.05, 3.63) is 72.0 Å². The van der Waals surface area contributed by atoms with Crippen LogP contribution >= 0.6 is 11.8 Å². The zero-order chi connectivity index (χ0) is 21.3. The van der Waals surface area contributed by atoms with Crippen LogP contribution in [0.1, 0.15) is 12.5 Å². The molecule has 30 heavy (non-hydrogen) atoms. The molecule has 0 aromatic heterocycles. The van der Waals surface area contributed by atoms with Crippen LogP contribution < -0.4 is 9.62 Å². The van der Waals surface area contributed by atoms with Crippen LogP contribution in [-0.2, 0) is 20.6 Å². The van der Waals surface area contributed by atoms with Gasteiger partial charge < -0.3 is 5.32 Å². The Morgan fingerprint density at radius 1 is 1.10 bits per heavy atom. The molecule has 5 nitrogen and oxygen atoms in total. The SMILES string of the molecule is CC(C(=O)NCCSCc1ccccc1F)N1c2cccc3cccc(c23)S1(=O)=O. The topological polar surface area (TPSA) is 66.5 Å². The fraction of sp³-hybridized carbons (Fsp3) is 0.227. The van der Waals surface area contributed by atoms with E-state index in [0.29, 0.717) is 34.7 Å². The van der Waals surface area contributed by atoms with Crippen molar-refractivity contribution in [2.45, 2.75) is 23.6 Å². The number of amides is 1. The van der Waals surface area contributed by atoms with Crippen LogP contribution in [0.15, 0.2) is 65.6 Å². The summed E-state index contributed by atoms with van der Waals surface area (Å²) in [7, 11) is -3.79. The molecule has 3 aromatic rings. The minimum absolute atomic E-state index is 0.232. The summed E-state index contributed by atoms with van der Waals surface area (Å²) < 4.78 is 41.0. The summed E-state index contributed by atoms with van der Waals surface area (Å²) in [5.74, 6) is 0.496. The molecule has 1 aliphatic heterocycles. The number of rotatable bonds is 7. The Balaban J connectivity index is 1.40. The van der Waals surface area contributed by atoms with E-state index in [2.05, 4.69) is 5.32 Å². The number of hydrogen-bond donors (Lipinski definition) is 1. The van der Waals surface area contributed by atoms with Crippen LogP contribution in [0.3, 0.4) is 0 Å². The Morgan fingerprint density at radius 2 is 1.83 bits per heavy atom. The van der Waals surface area contributed by atoms with Gasteiger partial charge in [0.25, 0.3) is 10.0 Å². The smallest absolute Gasteiger partial charge is 0.265 e. The van der Waals surface area contributed by atoms with Gasteiger partial charge in [0.15, 0.2) is 0 Å². The highest BCUT2D eigenvalue weighted by atomic mass is 32.2. The third kappa shape index (κ3) is 3.65. The van der Waals surface area contributed by atoms with Crippen molar-refractivity contribution in [1.29, 1.82) is 0 Å². The van der Waals surface area contributed by atoms with E-state index >= 15 is 0 Å². The van der Waals surface area contributed by atoms with Gasteiger partial charge in [-0.05, 0) is 36.1 Å². The highest BCUT2D eigenvalue weighted by Gasteiger charge is 2.40. The molecule has 1 amide bonds. The fourth-order valence-electron chi connectivity index (χ4n) is 3.64. The van der Waals surface area contributed by atoms with Crippen molar-refractivity contribution in [3.8, 4) is 0 Å². The van der Waals surface area contributed by atoms with E-state index in [1.54, 1.807) is 49.4 Å². The quantitative estimate of drug-likeness (QED) is 0.561. The van der Waals surface area contributed by atoms with Crippen LogP contribution in [0.4, 0.5) is 10.1 Å². The van der Waals surface area contributed by atoms with Gasteiger partial charge in [-0.15, -0.1) is 0 Å². The fourth-order valence-corrected chi connectivity index (χ4v) is 6.35. The van der Waals surface area contributed by atoms with Gasteiger partial charge in [-0.1, -0.05) is 42.5 Å². The lowest BCUT2D eigenvalue weighted by Crippen LogP contribution is -2.47. The van der Waals surface area contributed by atoms with Crippen LogP contribution in [0.5, 0.6) is 0 Å². The second kappa shape index (κ2) is 8.28. The van der Waals surface area contributed by atoms with Crippen LogP contribution in [0.25, 0.3) is 10.8 Å². The molecule has 1 N–H and O–H groups in total. The van der Waals surface area contributed by atoms with E-state index < -0.39 is 16.1 Å². The van der Waals surface area contributed by atoms with E-state index in [1.807, 2.05) is 12.1 Å². The van der Waals surface area contributed by atoms with Gasteiger partial charge in [0.2, 0.25) is 5.91 Å². The van der Waals surface area contributed by atoms with E-state index in [9.17, 15) is 17.6 Å². The van der Waals surface area contributed by atoms with Crippen molar-refractivity contribution < 1.29 is 17.6 Å². The first-order valence-electron chi connectivity index (χ1n) is 9.56. The molecule has 0 bridgehead atoms. The van der Waals surface area contributed by atoms with Crippen molar-refractivity contribution in [3.63, 3.8) is 0 Å². The molecule has 3 aromatic carbocycles. The third-order valence-electron chi connectivity index (χ3n) is 5.11. The maximum atomic E-state index is 13.6. The minimum Gasteiger partial charge on any atom is -0.353 e. The normalized spacial score (nSPS) is 15.3. The summed E-state index contributed by atoms with van der Waals surface area (Å²) in [6.45, 7) is 1.96. The number of nitrogens with zero attached hydrogens (tertiary/aromatic N) is 1. The molecule has 1 atom stereocenters. The third-order valence-corrected chi connectivity index (χ3v) is 8.05. The lowest BCUT2D eigenvalue weighted by Gasteiger charge is -2.25. The van der Waals surface area contributed by atoms with Crippen molar-refractivity contribution in [2.75, 3.05) is 16.6 Å². The number of anilines is 1. The molecule has 4 rings (SSSR count). The second-order valence-corrected chi connectivity index (χ2v) is 9.93. The minimum atomic E-state index is -3.79. The Kier molecular flexibility index (Phi) is 5.71. The number of carbonyl (C=O) groups is 1. The zero-order valence-electron chi connectivity index (χ0n) is 16.3. The largest absolute Gasteiger partial charge is 0.353 e. The molecule has 0 saturated carbocycles. The number of hydrogen-bond acceptors (Lipinski definition) is 4. The van der Waals surface area contributed by atoms with Crippen molar-refractivity contribution >= 4 is 44.2 Å². The highest BCUT2D eigenvalue weighted by Crippen LogP contribution is 2.43. The Labute approximate surface area is 179 Å². The lowest BCUT2D eigenvalue weighted by atomic mass is 10.1. The van der Waals surface area contributed by atoms with Gasteiger partial charge in [0.05, 0.1) is 10.6 Å². The molecule has 0 fully saturated rings. The van der Waals surface area contributed by atoms with E-state index in [-0.39, 0.29) is 16.6 Å². The maximum absolute atomic E-state index is 13.6. The predicted molar refractivity (Wildman–Crippen MR) is 119 cm³/mol. The number of nitrogens with one attached hydrogen (secondary N) is 1. The summed E-state index contributed by atoms with van der Waals surface area (Å²) in [5.41, 5.74) is 1.15. The van der Waals surface area contributed by atoms with Gasteiger partial charge in [-0.2, -0.15) is 11.8 Å². The standard InChI is InChI=1S/C22H21FN2O3S2/c1-15(22(26)24-12-13-29-14-17-6-2-3-9-18(17)23)25-19-10-4-7-16-8-5-11-20(21(16)19)30(25,27)28/h2-11,15H,12-14H2,1H3,(H,24,26). The molecule has 0 aliphatic carbocycles. The van der Waals surface area contributed by atoms with Crippen LogP contribution in [0, 0.1) is 5.82 Å². The first-order valence-corrected chi connectivity index (χ1v) is 12.2. The molecule has 0 radical (unpaired) electrons. The molecule has 1 unspecified atom stereocenters. The number of carbonyl (C=O) groups excluding carboxylic acids is 1. The molecule has 8 heteroatoms. The monoisotopic (exact) mass is 444 g/mol. The molecular formula is C22H21FN2O3S2. The Hall–Kier alpha value is -2.58. The summed E-state index contributed by atoms with van der Waals surface area (Å²) in [4.78, 5) is 12.9. The van der Waals surface area contributed by atoms with Crippen molar-refractivity contribution in [2.24, 2.45) is 0 Å². The number of halogens is 1. The Bertz CT molecular complexity index is 1210. The van der Waals surface area contributed by atoms with Gasteiger partial charge in [0, 0.05) is 23.4 Å². The molecular weight excluding hydrogens is 423 g/mol. The zero-order valence-corrected chi connectivity index (χ0v) is 18.0. The number of thioether (sulfide) groups is 1. The van der Waals surface area contributed by atoms with Gasteiger partial charge in [-0.3, -0.25) is 9.10 Å². The number of sulfonamides is 1. The highest BCUT2D eigenvalue weighted by molar-refractivity contribution is 7.98. The summed E-state index contributed by atoms with van der Waals surface area (Å²) in [5, 5.41) is 4.28. The summed E-state index contributed by atoms with van der Waals surface area (Å²) in [6, 6.07) is 16.2. The molecule has 0 saturated heterocycles. The van der Waals surface area contributed by atoms with Crippen LogP contribution in [-0.4, -0.2) is 32.7 Å². The lowest BCUT2D eigenvalue weighted by molar-refractivity contribution is -0.121. The predicted octanol–water partition coefficient (Wildman–Crippen LogP) is 3.93. The maximum Gasteiger partial charge on any atom is 0.265 e. The molecule has 1 heterocycles. The first-order chi connectivity index (χ1) is 14.4. The van der Waals surface area contributed by atoms with Crippen molar-refractivity contribution in [1.82, 2.24) is 5.32 Å². The van der Waals surface area contributed by atoms with E-state index in [1.165, 1.54) is 22.1 Å². The molecule has 0 spiro atoms. The average molecular weight is 445 g/mol. The number of benzene rings is 3. The van der Waals surface area contributed by atoms with Gasteiger partial charge in [-0.25, -0.2) is 12.8 Å². The van der Waals surface area contributed by atoms with Crippen LogP contribution in [0.2, 0.25) is 0 Å². The Morgan fingerprint density at radius 3 is 2.60 bits per heavy atom. The first kappa shape index (κ1) is 20.7. The average Bonchev–Trinajstić information content (AvgIpc) is 2.97. The van der Waals surface area contributed by atoms with Gasteiger partial charge in [0.1, 0.15) is 11.9 Å². The molecule has 156 valence electrons.